The van der Waals surface area contributed by atoms with Crippen molar-refractivity contribution in [2.75, 3.05) is 0 Å². The first-order chi connectivity index (χ1) is 6.19. The van der Waals surface area contributed by atoms with E-state index in [4.69, 9.17) is 0 Å². The maximum atomic E-state index is 3.79. The fourth-order valence-corrected chi connectivity index (χ4v) is 3.54. The molecule has 0 aromatic rings. The van der Waals surface area contributed by atoms with E-state index < -0.39 is 0 Å². The van der Waals surface area contributed by atoms with Crippen molar-refractivity contribution in [1.29, 1.82) is 0 Å². The van der Waals surface area contributed by atoms with E-state index >= 15 is 0 Å². The first-order valence-corrected chi connectivity index (χ1v) is 7.23. The third-order valence-electron chi connectivity index (χ3n) is 2.87. The van der Waals surface area contributed by atoms with Crippen LogP contribution in [-0.4, -0.2) is 9.15 Å². The number of hydrogen-bond acceptors (Lipinski definition) is 0. The predicted octanol–water partition coefficient (Wildman–Crippen LogP) is 5.04. The molecule has 0 N–H and O–H groups in total. The van der Waals surface area contributed by atoms with E-state index in [1.165, 1.54) is 51.4 Å². The van der Waals surface area contributed by atoms with Crippen molar-refractivity contribution in [2.24, 2.45) is 0 Å². The van der Waals surface area contributed by atoms with Crippen LogP contribution >= 0.6 is 31.9 Å². The summed E-state index contributed by atoms with van der Waals surface area (Å²) in [6.07, 6.45) is 11.1. The topological polar surface area (TPSA) is 0 Å². The molecule has 0 aromatic carbocycles. The largest absolute Gasteiger partial charge is 0.0875 e. The van der Waals surface area contributed by atoms with Crippen molar-refractivity contribution in [1.82, 2.24) is 0 Å². The maximum Gasteiger partial charge on any atom is 0.0394 e. The zero-order valence-electron chi connectivity index (χ0n) is 8.49. The van der Waals surface area contributed by atoms with Gasteiger partial charge < -0.3 is 0 Å². The highest BCUT2D eigenvalue weighted by molar-refractivity contribution is 9.13. The molecule has 1 aliphatic carbocycles. The van der Waals surface area contributed by atoms with Crippen LogP contribution in [0.1, 0.15) is 58.3 Å². The highest BCUT2D eigenvalue weighted by Crippen LogP contribution is 2.53. The molecule has 0 spiro atoms. The van der Waals surface area contributed by atoms with Gasteiger partial charge in [0.2, 0.25) is 0 Å². The first kappa shape index (κ1) is 12.0. The van der Waals surface area contributed by atoms with Gasteiger partial charge in [0.1, 0.15) is 0 Å². The fourth-order valence-electron chi connectivity index (χ4n) is 1.70. The summed E-state index contributed by atoms with van der Waals surface area (Å²) in [7, 11) is 0. The van der Waals surface area contributed by atoms with Crippen LogP contribution in [0.5, 0.6) is 0 Å². The molecule has 13 heavy (non-hydrogen) atoms. The van der Waals surface area contributed by atoms with Gasteiger partial charge in [-0.3, -0.25) is 0 Å². The second-order valence-corrected chi connectivity index (χ2v) is 6.91. The summed E-state index contributed by atoms with van der Waals surface area (Å²) in [5, 5.41) is 0. The Hall–Kier alpha value is 0.960. The van der Waals surface area contributed by atoms with Crippen LogP contribution in [0.15, 0.2) is 0 Å². The molecule has 1 saturated carbocycles. The van der Waals surface area contributed by atoms with Gasteiger partial charge in [-0.2, -0.15) is 0 Å². The number of rotatable bonds is 7. The molecule has 2 heteroatoms. The minimum Gasteiger partial charge on any atom is -0.0875 e. The minimum atomic E-state index is 0.484. The molecular weight excluding hydrogens is 292 g/mol. The van der Waals surface area contributed by atoms with Crippen LogP contribution < -0.4 is 0 Å². The summed E-state index contributed by atoms with van der Waals surface area (Å²) < 4.78 is 0.484. The van der Waals surface area contributed by atoms with E-state index in [2.05, 4.69) is 38.8 Å². The van der Waals surface area contributed by atoms with Gasteiger partial charge in [0.15, 0.2) is 0 Å². The summed E-state index contributed by atoms with van der Waals surface area (Å²) >= 11 is 7.44. The second kappa shape index (κ2) is 5.75. The normalized spacial score (nSPS) is 32.1. The predicted molar refractivity (Wildman–Crippen MR) is 67.0 cm³/mol. The van der Waals surface area contributed by atoms with Crippen LogP contribution in [0.3, 0.4) is 0 Å². The summed E-state index contributed by atoms with van der Waals surface area (Å²) in [6, 6.07) is 0. The molecule has 0 amide bonds. The summed E-state index contributed by atoms with van der Waals surface area (Å²) in [5.41, 5.74) is 0. The Labute approximate surface area is 99.1 Å². The number of alkyl halides is 2. The molecule has 0 bridgehead atoms. The Kier molecular flexibility index (Phi) is 5.32. The molecule has 78 valence electrons. The van der Waals surface area contributed by atoms with Crippen molar-refractivity contribution >= 4 is 31.9 Å². The minimum absolute atomic E-state index is 0.484. The van der Waals surface area contributed by atoms with Crippen LogP contribution in [0.25, 0.3) is 0 Å². The first-order valence-electron chi connectivity index (χ1n) is 5.52. The maximum absolute atomic E-state index is 3.79. The third-order valence-corrected chi connectivity index (χ3v) is 5.95. The Balaban J connectivity index is 1.85. The van der Waals surface area contributed by atoms with E-state index in [9.17, 15) is 0 Å². The number of unbranched alkanes of at least 4 members (excludes halogenated alkanes) is 5. The zero-order valence-corrected chi connectivity index (χ0v) is 11.7. The molecule has 0 aromatic heterocycles. The molecule has 1 rings (SSSR count). The van der Waals surface area contributed by atoms with Crippen molar-refractivity contribution in [3.8, 4) is 0 Å². The van der Waals surface area contributed by atoms with Crippen LogP contribution in [0, 0.1) is 0 Å². The molecule has 0 heterocycles. The van der Waals surface area contributed by atoms with Gasteiger partial charge in [-0.25, -0.2) is 0 Å². The van der Waals surface area contributed by atoms with Gasteiger partial charge in [0.05, 0.1) is 0 Å². The lowest BCUT2D eigenvalue weighted by Crippen LogP contribution is -2.00. The van der Waals surface area contributed by atoms with Crippen molar-refractivity contribution < 1.29 is 0 Å². The smallest absolute Gasteiger partial charge is 0.0394 e. The standard InChI is InChI=1S/C11H20Br2/c1-2-3-4-5-6-7-8-11(13)9-10(11)12/h10H,2-9H2,1H3/t10-,11-/m0/s1. The van der Waals surface area contributed by atoms with Gasteiger partial charge in [0, 0.05) is 9.15 Å². The average Bonchev–Trinajstić information content (AvgIpc) is 2.68. The molecule has 2 atom stereocenters. The van der Waals surface area contributed by atoms with Gasteiger partial charge in [0.25, 0.3) is 0 Å². The van der Waals surface area contributed by atoms with Crippen LogP contribution in [0.4, 0.5) is 0 Å². The lowest BCUT2D eigenvalue weighted by Gasteiger charge is -2.06. The summed E-state index contributed by atoms with van der Waals surface area (Å²) in [5.74, 6) is 0. The molecule has 0 unspecified atom stereocenters. The van der Waals surface area contributed by atoms with Gasteiger partial charge in [-0.05, 0) is 12.8 Å². The Morgan fingerprint density at radius 1 is 1.15 bits per heavy atom. The van der Waals surface area contributed by atoms with Crippen molar-refractivity contribution in [3.63, 3.8) is 0 Å². The monoisotopic (exact) mass is 310 g/mol. The molecule has 0 nitrogen and oxygen atoms in total. The Bertz CT molecular complexity index is 147. The highest BCUT2D eigenvalue weighted by atomic mass is 79.9. The van der Waals surface area contributed by atoms with E-state index in [-0.39, 0.29) is 0 Å². The highest BCUT2D eigenvalue weighted by Gasteiger charge is 2.49. The number of hydrogen-bond donors (Lipinski definition) is 0. The molecule has 0 radical (unpaired) electrons. The molecule has 0 saturated heterocycles. The van der Waals surface area contributed by atoms with Gasteiger partial charge in [-0.15, -0.1) is 0 Å². The van der Waals surface area contributed by atoms with E-state index in [1.807, 2.05) is 0 Å². The van der Waals surface area contributed by atoms with Gasteiger partial charge in [-0.1, -0.05) is 77.3 Å². The third kappa shape index (κ3) is 4.33. The Morgan fingerprint density at radius 3 is 2.23 bits per heavy atom. The SMILES string of the molecule is CCCCCCCC[C@]1(Br)C[C@@H]1Br. The molecule has 1 fully saturated rings. The lowest BCUT2D eigenvalue weighted by molar-refractivity contribution is 0.582. The van der Waals surface area contributed by atoms with Gasteiger partial charge >= 0.3 is 0 Å². The zero-order chi connectivity index (χ0) is 9.73. The van der Waals surface area contributed by atoms with Crippen LogP contribution in [0.2, 0.25) is 0 Å². The molecule has 0 aliphatic heterocycles. The van der Waals surface area contributed by atoms with E-state index in [0.717, 1.165) is 4.83 Å². The summed E-state index contributed by atoms with van der Waals surface area (Å²) in [4.78, 5) is 0.746. The second-order valence-electron chi connectivity index (χ2n) is 4.22. The molecule has 1 aliphatic rings. The van der Waals surface area contributed by atoms with Crippen molar-refractivity contribution in [3.05, 3.63) is 0 Å². The number of halogens is 2. The Morgan fingerprint density at radius 2 is 1.69 bits per heavy atom. The van der Waals surface area contributed by atoms with E-state index in [1.54, 1.807) is 0 Å². The van der Waals surface area contributed by atoms with E-state index in [0.29, 0.717) is 4.32 Å². The summed E-state index contributed by atoms with van der Waals surface area (Å²) in [6.45, 7) is 2.27. The van der Waals surface area contributed by atoms with Crippen LogP contribution in [-0.2, 0) is 0 Å². The van der Waals surface area contributed by atoms with Crippen molar-refractivity contribution in [2.45, 2.75) is 67.4 Å². The quantitative estimate of drug-likeness (QED) is 0.456. The lowest BCUT2D eigenvalue weighted by atomic mass is 10.1. The average molecular weight is 312 g/mol. The fraction of sp³-hybridized carbons (Fsp3) is 1.00. The molecular formula is C11H20Br2.